The smallest absolute Gasteiger partial charge is 0.223 e. The fourth-order valence-electron chi connectivity index (χ4n) is 1.20. The van der Waals surface area contributed by atoms with E-state index in [-0.39, 0.29) is 5.95 Å². The van der Waals surface area contributed by atoms with Crippen LogP contribution in [0, 0.1) is 6.92 Å². The van der Waals surface area contributed by atoms with Gasteiger partial charge in [-0.25, -0.2) is 9.97 Å². The Kier molecular flexibility index (Phi) is 3.36. The highest BCUT2D eigenvalue weighted by Crippen LogP contribution is 2.21. The second-order valence-corrected chi connectivity index (χ2v) is 4.41. The molecule has 0 radical (unpaired) electrons. The maximum atomic E-state index is 5.48. The lowest BCUT2D eigenvalue weighted by atomic mass is 10.2. The van der Waals surface area contributed by atoms with E-state index in [4.69, 9.17) is 5.73 Å². The van der Waals surface area contributed by atoms with Gasteiger partial charge in [0.2, 0.25) is 5.95 Å². The highest BCUT2D eigenvalue weighted by atomic mass is 32.2. The highest BCUT2D eigenvalue weighted by Gasteiger charge is 1.99. The van der Waals surface area contributed by atoms with E-state index in [2.05, 4.69) is 46.1 Å². The first-order chi connectivity index (χ1) is 7.74. The van der Waals surface area contributed by atoms with Crippen LogP contribution in [0.3, 0.4) is 0 Å². The van der Waals surface area contributed by atoms with E-state index in [9.17, 15) is 0 Å². The first-order valence-electron chi connectivity index (χ1n) is 4.87. The molecule has 0 bridgehead atoms. The number of aromatic nitrogens is 3. The first kappa shape index (κ1) is 10.9. The third kappa shape index (κ3) is 2.93. The molecule has 1 aromatic carbocycles. The Hall–Kier alpha value is -1.62. The van der Waals surface area contributed by atoms with Crippen molar-refractivity contribution in [2.45, 2.75) is 17.6 Å². The van der Waals surface area contributed by atoms with Gasteiger partial charge in [-0.3, -0.25) is 0 Å². The van der Waals surface area contributed by atoms with Crippen LogP contribution in [-0.2, 0) is 5.75 Å². The summed E-state index contributed by atoms with van der Waals surface area (Å²) in [5, 5.41) is 0. The van der Waals surface area contributed by atoms with Crippen molar-refractivity contribution in [2.24, 2.45) is 0 Å². The first-order valence-corrected chi connectivity index (χ1v) is 5.85. The third-order valence-corrected chi connectivity index (χ3v) is 3.04. The molecule has 0 amide bonds. The van der Waals surface area contributed by atoms with Gasteiger partial charge in [-0.2, -0.15) is 4.98 Å². The Morgan fingerprint density at radius 1 is 1.19 bits per heavy atom. The molecule has 0 unspecified atom stereocenters. The van der Waals surface area contributed by atoms with Gasteiger partial charge in [0.25, 0.3) is 0 Å². The van der Waals surface area contributed by atoms with Crippen LogP contribution in [0.1, 0.15) is 11.4 Å². The topological polar surface area (TPSA) is 64.7 Å². The van der Waals surface area contributed by atoms with Crippen molar-refractivity contribution in [3.8, 4) is 0 Å². The van der Waals surface area contributed by atoms with Gasteiger partial charge in [-0.15, -0.1) is 11.8 Å². The highest BCUT2D eigenvalue weighted by molar-refractivity contribution is 7.98. The molecule has 0 atom stereocenters. The van der Waals surface area contributed by atoms with Crippen molar-refractivity contribution in [2.75, 3.05) is 5.73 Å². The minimum atomic E-state index is 0.273. The molecule has 0 aliphatic carbocycles. The van der Waals surface area contributed by atoms with Crippen LogP contribution in [0.5, 0.6) is 0 Å². The summed E-state index contributed by atoms with van der Waals surface area (Å²) < 4.78 is 0. The fraction of sp³-hybridized carbons (Fsp3) is 0.182. The van der Waals surface area contributed by atoms with Crippen molar-refractivity contribution in [3.05, 3.63) is 42.0 Å². The van der Waals surface area contributed by atoms with Gasteiger partial charge in [0.15, 0.2) is 0 Å². The van der Waals surface area contributed by atoms with Crippen molar-refractivity contribution in [1.29, 1.82) is 0 Å². The molecule has 0 saturated heterocycles. The number of nitrogens with zero attached hydrogens (tertiary/aromatic N) is 3. The predicted molar refractivity (Wildman–Crippen MR) is 65.0 cm³/mol. The fourth-order valence-corrected chi connectivity index (χ4v) is 1.96. The maximum Gasteiger partial charge on any atom is 0.223 e. The van der Waals surface area contributed by atoms with E-state index in [1.54, 1.807) is 11.8 Å². The summed E-state index contributed by atoms with van der Waals surface area (Å²) >= 11 is 1.68. The molecule has 0 aliphatic rings. The molecule has 4 nitrogen and oxygen atoms in total. The van der Waals surface area contributed by atoms with Gasteiger partial charge in [-0.05, 0) is 19.1 Å². The van der Waals surface area contributed by atoms with Crippen LogP contribution in [0.25, 0.3) is 0 Å². The zero-order valence-electron chi connectivity index (χ0n) is 8.92. The van der Waals surface area contributed by atoms with Gasteiger partial charge in [0.05, 0.1) is 5.75 Å². The summed E-state index contributed by atoms with van der Waals surface area (Å²) in [7, 11) is 0. The molecular formula is C11H12N4S. The molecule has 82 valence electrons. The third-order valence-electron chi connectivity index (χ3n) is 2.03. The van der Waals surface area contributed by atoms with Crippen LogP contribution in [0.4, 0.5) is 5.95 Å². The molecule has 1 heterocycles. The lowest BCUT2D eigenvalue weighted by Crippen LogP contribution is -2.00. The molecule has 0 spiro atoms. The standard InChI is InChI=1S/C11H12N4S/c1-8-2-4-9(5-3-8)16-6-10-13-7-14-11(12)15-10/h2-5,7H,6H2,1H3,(H2,12,13,14,15). The van der Waals surface area contributed by atoms with Gasteiger partial charge >= 0.3 is 0 Å². The zero-order valence-corrected chi connectivity index (χ0v) is 9.74. The largest absolute Gasteiger partial charge is 0.368 e. The molecular weight excluding hydrogens is 220 g/mol. The SMILES string of the molecule is Cc1ccc(SCc2ncnc(N)n2)cc1. The number of rotatable bonds is 3. The minimum absolute atomic E-state index is 0.273. The van der Waals surface area contributed by atoms with Crippen LogP contribution in [0.2, 0.25) is 0 Å². The average molecular weight is 232 g/mol. The Balaban J connectivity index is 1.99. The van der Waals surface area contributed by atoms with Crippen molar-refractivity contribution in [3.63, 3.8) is 0 Å². The quantitative estimate of drug-likeness (QED) is 0.820. The number of thioether (sulfide) groups is 1. The van der Waals surface area contributed by atoms with Gasteiger partial charge in [-0.1, -0.05) is 17.7 Å². The number of anilines is 1. The van der Waals surface area contributed by atoms with Crippen molar-refractivity contribution < 1.29 is 0 Å². The van der Waals surface area contributed by atoms with E-state index in [1.807, 2.05) is 0 Å². The number of hydrogen-bond acceptors (Lipinski definition) is 5. The molecule has 1 aromatic heterocycles. The lowest BCUT2D eigenvalue weighted by Gasteiger charge is -2.01. The molecule has 2 N–H and O–H groups in total. The second-order valence-electron chi connectivity index (χ2n) is 3.36. The van der Waals surface area contributed by atoms with E-state index in [0.717, 1.165) is 0 Å². The summed E-state index contributed by atoms with van der Waals surface area (Å²) in [5.74, 6) is 1.68. The molecule has 2 rings (SSSR count). The summed E-state index contributed by atoms with van der Waals surface area (Å²) in [5.41, 5.74) is 6.73. The summed E-state index contributed by atoms with van der Waals surface area (Å²) in [6.07, 6.45) is 1.44. The molecule has 2 aromatic rings. The summed E-state index contributed by atoms with van der Waals surface area (Å²) in [6, 6.07) is 8.35. The minimum Gasteiger partial charge on any atom is -0.368 e. The van der Waals surface area contributed by atoms with Crippen LogP contribution >= 0.6 is 11.8 Å². The molecule has 16 heavy (non-hydrogen) atoms. The van der Waals surface area contributed by atoms with Gasteiger partial charge in [0, 0.05) is 4.90 Å². The average Bonchev–Trinajstić information content (AvgIpc) is 2.28. The summed E-state index contributed by atoms with van der Waals surface area (Å²) in [6.45, 7) is 2.07. The monoisotopic (exact) mass is 232 g/mol. The van der Waals surface area contributed by atoms with E-state index >= 15 is 0 Å². The van der Waals surface area contributed by atoms with E-state index in [0.29, 0.717) is 11.6 Å². The van der Waals surface area contributed by atoms with E-state index < -0.39 is 0 Å². The van der Waals surface area contributed by atoms with Gasteiger partial charge in [0.1, 0.15) is 12.2 Å². The van der Waals surface area contributed by atoms with Gasteiger partial charge < -0.3 is 5.73 Å². The lowest BCUT2D eigenvalue weighted by molar-refractivity contribution is 0.974. The molecule has 0 aliphatic heterocycles. The summed E-state index contributed by atoms with van der Waals surface area (Å²) in [4.78, 5) is 13.0. The molecule has 0 fully saturated rings. The number of hydrogen-bond donors (Lipinski definition) is 1. The van der Waals surface area contributed by atoms with E-state index in [1.165, 1.54) is 16.8 Å². The number of nitrogens with two attached hydrogens (primary N) is 1. The van der Waals surface area contributed by atoms with Crippen LogP contribution < -0.4 is 5.73 Å². The molecule has 0 saturated carbocycles. The second kappa shape index (κ2) is 4.94. The Bertz CT molecular complexity index is 470. The zero-order chi connectivity index (χ0) is 11.4. The number of benzene rings is 1. The number of nitrogen functional groups attached to an aromatic ring is 1. The van der Waals surface area contributed by atoms with Crippen molar-refractivity contribution in [1.82, 2.24) is 15.0 Å². The predicted octanol–water partition coefficient (Wildman–Crippen LogP) is 2.05. The number of aryl methyl sites for hydroxylation is 1. The Labute approximate surface area is 98.3 Å². The maximum absolute atomic E-state index is 5.48. The molecule has 5 heteroatoms. The van der Waals surface area contributed by atoms with Crippen LogP contribution in [-0.4, -0.2) is 15.0 Å². The Morgan fingerprint density at radius 3 is 2.62 bits per heavy atom. The van der Waals surface area contributed by atoms with Crippen molar-refractivity contribution >= 4 is 17.7 Å². The Morgan fingerprint density at radius 2 is 1.94 bits per heavy atom. The van der Waals surface area contributed by atoms with Crippen LogP contribution in [0.15, 0.2) is 35.5 Å². The normalized spacial score (nSPS) is 10.3.